The van der Waals surface area contributed by atoms with Crippen molar-refractivity contribution in [1.29, 1.82) is 0 Å². The Labute approximate surface area is 127 Å². The molecule has 2 aliphatic rings. The standard InChI is InChI=1S/C16H28N2O3/c1-16(2,3)21-15(20)18-11-7-10-13(18)14(19)17-12-8-5-4-6-9-12/h12-13H,4-11H2,1-3H3,(H,17,19)/t13-/m0/s1. The Bertz CT molecular complexity index is 383. The van der Waals surface area contributed by atoms with Crippen molar-refractivity contribution < 1.29 is 14.3 Å². The van der Waals surface area contributed by atoms with Crippen molar-refractivity contribution in [3.8, 4) is 0 Å². The summed E-state index contributed by atoms with van der Waals surface area (Å²) in [6, 6.07) is -0.0749. The molecule has 1 saturated carbocycles. The van der Waals surface area contributed by atoms with Crippen LogP contribution in [-0.2, 0) is 9.53 Å². The van der Waals surface area contributed by atoms with E-state index in [1.54, 1.807) is 4.90 Å². The van der Waals surface area contributed by atoms with Gasteiger partial charge in [-0.1, -0.05) is 19.3 Å². The van der Waals surface area contributed by atoms with Gasteiger partial charge in [0.25, 0.3) is 0 Å². The van der Waals surface area contributed by atoms with Gasteiger partial charge in [0, 0.05) is 12.6 Å². The highest BCUT2D eigenvalue weighted by molar-refractivity contribution is 5.86. The lowest BCUT2D eigenvalue weighted by Gasteiger charge is -2.30. The minimum Gasteiger partial charge on any atom is -0.444 e. The van der Waals surface area contributed by atoms with Crippen molar-refractivity contribution in [3.05, 3.63) is 0 Å². The average molecular weight is 296 g/mol. The highest BCUT2D eigenvalue weighted by Gasteiger charge is 2.37. The van der Waals surface area contributed by atoms with Gasteiger partial charge in [-0.2, -0.15) is 0 Å². The van der Waals surface area contributed by atoms with Crippen LogP contribution in [0.3, 0.4) is 0 Å². The summed E-state index contributed by atoms with van der Waals surface area (Å²) >= 11 is 0. The summed E-state index contributed by atoms with van der Waals surface area (Å²) in [5, 5.41) is 3.12. The van der Waals surface area contributed by atoms with Crippen LogP contribution in [0.4, 0.5) is 4.79 Å². The van der Waals surface area contributed by atoms with Gasteiger partial charge < -0.3 is 10.1 Å². The Morgan fingerprint density at radius 3 is 2.33 bits per heavy atom. The zero-order valence-electron chi connectivity index (χ0n) is 13.5. The van der Waals surface area contributed by atoms with E-state index in [4.69, 9.17) is 4.74 Å². The summed E-state index contributed by atoms with van der Waals surface area (Å²) in [5.41, 5.74) is -0.524. The monoisotopic (exact) mass is 296 g/mol. The van der Waals surface area contributed by atoms with E-state index in [0.717, 1.165) is 25.7 Å². The SMILES string of the molecule is CC(C)(C)OC(=O)N1CCC[C@H]1C(=O)NC1CCCCC1. The zero-order chi connectivity index (χ0) is 15.5. The zero-order valence-corrected chi connectivity index (χ0v) is 13.5. The van der Waals surface area contributed by atoms with Gasteiger partial charge in [-0.3, -0.25) is 9.69 Å². The second-order valence-electron chi connectivity index (χ2n) is 7.18. The molecule has 1 aliphatic carbocycles. The number of carbonyl (C=O) groups is 2. The fourth-order valence-electron chi connectivity index (χ4n) is 3.12. The first-order valence-corrected chi connectivity index (χ1v) is 8.17. The third kappa shape index (κ3) is 4.61. The molecule has 2 rings (SSSR count). The molecule has 1 atom stereocenters. The van der Waals surface area contributed by atoms with Gasteiger partial charge in [-0.05, 0) is 46.5 Å². The Balaban J connectivity index is 1.91. The topological polar surface area (TPSA) is 58.6 Å². The molecule has 1 saturated heterocycles. The number of hydrogen-bond acceptors (Lipinski definition) is 3. The summed E-state index contributed by atoms with van der Waals surface area (Å²) in [7, 11) is 0. The number of carbonyl (C=O) groups excluding carboxylic acids is 2. The van der Waals surface area contributed by atoms with Crippen molar-refractivity contribution in [1.82, 2.24) is 10.2 Å². The van der Waals surface area contributed by atoms with E-state index in [-0.39, 0.29) is 24.1 Å². The van der Waals surface area contributed by atoms with E-state index >= 15 is 0 Å². The molecule has 5 heteroatoms. The highest BCUT2D eigenvalue weighted by Crippen LogP contribution is 2.22. The lowest BCUT2D eigenvalue weighted by molar-refractivity contribution is -0.126. The summed E-state index contributed by atoms with van der Waals surface area (Å²) in [4.78, 5) is 26.2. The Hall–Kier alpha value is -1.26. The van der Waals surface area contributed by atoms with E-state index in [2.05, 4.69) is 5.32 Å². The van der Waals surface area contributed by atoms with Gasteiger partial charge in [0.05, 0.1) is 0 Å². The van der Waals surface area contributed by atoms with Gasteiger partial charge in [-0.15, -0.1) is 0 Å². The van der Waals surface area contributed by atoms with Crippen molar-refractivity contribution in [2.45, 2.75) is 83.4 Å². The van der Waals surface area contributed by atoms with E-state index < -0.39 is 5.60 Å². The van der Waals surface area contributed by atoms with Crippen LogP contribution in [0.15, 0.2) is 0 Å². The predicted molar refractivity (Wildman–Crippen MR) is 81.0 cm³/mol. The Kier molecular flexibility index (Phi) is 5.12. The Morgan fingerprint density at radius 2 is 1.71 bits per heavy atom. The molecule has 120 valence electrons. The van der Waals surface area contributed by atoms with Crippen LogP contribution >= 0.6 is 0 Å². The van der Waals surface area contributed by atoms with E-state index in [1.807, 2.05) is 20.8 Å². The van der Waals surface area contributed by atoms with Crippen molar-refractivity contribution in [2.24, 2.45) is 0 Å². The largest absolute Gasteiger partial charge is 0.444 e. The summed E-state index contributed by atoms with van der Waals surface area (Å²) in [6.07, 6.45) is 6.98. The number of nitrogens with one attached hydrogen (secondary N) is 1. The summed E-state index contributed by atoms with van der Waals surface area (Å²) in [5.74, 6) is -0.00902. The highest BCUT2D eigenvalue weighted by atomic mass is 16.6. The van der Waals surface area contributed by atoms with Crippen LogP contribution in [0.2, 0.25) is 0 Å². The third-order valence-electron chi connectivity index (χ3n) is 4.14. The lowest BCUT2D eigenvalue weighted by atomic mass is 9.95. The molecule has 0 bridgehead atoms. The third-order valence-corrected chi connectivity index (χ3v) is 4.14. The maximum atomic E-state index is 12.4. The molecule has 21 heavy (non-hydrogen) atoms. The van der Waals surface area contributed by atoms with Gasteiger partial charge in [0.15, 0.2) is 0 Å². The maximum absolute atomic E-state index is 12.4. The predicted octanol–water partition coefficient (Wildman–Crippen LogP) is 2.83. The normalized spacial score (nSPS) is 24.0. The fourth-order valence-corrected chi connectivity index (χ4v) is 3.12. The van der Waals surface area contributed by atoms with Crippen molar-refractivity contribution >= 4 is 12.0 Å². The van der Waals surface area contributed by atoms with Crippen LogP contribution < -0.4 is 5.32 Å². The van der Waals surface area contributed by atoms with E-state index in [1.165, 1.54) is 19.3 Å². The minimum atomic E-state index is -0.524. The molecule has 0 spiro atoms. The molecule has 1 aliphatic heterocycles. The van der Waals surface area contributed by atoms with Gasteiger partial charge in [-0.25, -0.2) is 4.79 Å². The molecule has 0 aromatic carbocycles. The van der Waals surface area contributed by atoms with Crippen LogP contribution in [0.1, 0.15) is 65.7 Å². The van der Waals surface area contributed by atoms with Crippen LogP contribution in [0, 0.1) is 0 Å². The molecule has 2 amide bonds. The smallest absolute Gasteiger partial charge is 0.410 e. The summed E-state index contributed by atoms with van der Waals surface area (Å²) in [6.45, 7) is 6.14. The molecular weight excluding hydrogens is 268 g/mol. The molecular formula is C16H28N2O3. The van der Waals surface area contributed by atoms with Crippen molar-refractivity contribution in [2.75, 3.05) is 6.54 Å². The molecule has 0 radical (unpaired) electrons. The first-order chi connectivity index (χ1) is 9.87. The number of likely N-dealkylation sites (tertiary alicyclic amines) is 1. The van der Waals surface area contributed by atoms with Gasteiger partial charge in [0.1, 0.15) is 11.6 Å². The lowest BCUT2D eigenvalue weighted by Crippen LogP contribution is -2.50. The van der Waals surface area contributed by atoms with Gasteiger partial charge in [0.2, 0.25) is 5.91 Å². The number of hydrogen-bond donors (Lipinski definition) is 1. The van der Waals surface area contributed by atoms with Crippen LogP contribution in [-0.4, -0.2) is 41.1 Å². The number of rotatable bonds is 2. The maximum Gasteiger partial charge on any atom is 0.410 e. The molecule has 1 N–H and O–H groups in total. The molecule has 5 nitrogen and oxygen atoms in total. The number of nitrogens with zero attached hydrogens (tertiary/aromatic N) is 1. The first-order valence-electron chi connectivity index (χ1n) is 8.17. The van der Waals surface area contributed by atoms with E-state index in [0.29, 0.717) is 6.54 Å². The number of ether oxygens (including phenoxy) is 1. The van der Waals surface area contributed by atoms with Crippen LogP contribution in [0.25, 0.3) is 0 Å². The second-order valence-corrected chi connectivity index (χ2v) is 7.18. The number of amides is 2. The first kappa shape index (κ1) is 16.1. The molecule has 2 fully saturated rings. The quantitative estimate of drug-likeness (QED) is 0.852. The molecule has 0 aromatic rings. The second kappa shape index (κ2) is 6.67. The average Bonchev–Trinajstić information content (AvgIpc) is 2.87. The molecule has 0 unspecified atom stereocenters. The summed E-state index contributed by atoms with van der Waals surface area (Å²) < 4.78 is 5.40. The van der Waals surface area contributed by atoms with Crippen molar-refractivity contribution in [3.63, 3.8) is 0 Å². The molecule has 1 heterocycles. The van der Waals surface area contributed by atoms with Crippen LogP contribution in [0.5, 0.6) is 0 Å². The van der Waals surface area contributed by atoms with E-state index in [9.17, 15) is 9.59 Å². The minimum absolute atomic E-state index is 0.00902. The molecule has 0 aromatic heterocycles. The fraction of sp³-hybridized carbons (Fsp3) is 0.875. The van der Waals surface area contributed by atoms with Gasteiger partial charge >= 0.3 is 6.09 Å². The Morgan fingerprint density at radius 1 is 1.05 bits per heavy atom.